The third-order valence-electron chi connectivity index (χ3n) is 1.79. The molecular weight excluding hydrogens is 185 g/mol. The molecule has 0 heterocycles. The summed E-state index contributed by atoms with van der Waals surface area (Å²) in [4.78, 5) is 10.0. The van der Waals surface area contributed by atoms with Crippen LogP contribution in [0.5, 0.6) is 0 Å². The standard InChI is InChI=1S/C10H11FNO2/c1-7(2)5-8-3-4-9(11)6-10(8)12(13)14/h3-4,6H,5H2,1-2H3. The molecule has 3 nitrogen and oxygen atoms in total. The number of halogens is 1. The van der Waals surface area contributed by atoms with E-state index in [1.54, 1.807) is 0 Å². The summed E-state index contributed by atoms with van der Waals surface area (Å²) in [6, 6.07) is 3.66. The van der Waals surface area contributed by atoms with Crippen LogP contribution in [0.3, 0.4) is 0 Å². The molecule has 0 bridgehead atoms. The Kier molecular flexibility index (Phi) is 3.17. The monoisotopic (exact) mass is 196 g/mol. The van der Waals surface area contributed by atoms with Crippen LogP contribution in [0, 0.1) is 21.8 Å². The van der Waals surface area contributed by atoms with E-state index < -0.39 is 10.7 Å². The third-order valence-corrected chi connectivity index (χ3v) is 1.79. The number of nitro groups is 1. The number of benzene rings is 1. The summed E-state index contributed by atoms with van der Waals surface area (Å²) in [6.45, 7) is 3.76. The van der Waals surface area contributed by atoms with Gasteiger partial charge in [0.15, 0.2) is 0 Å². The van der Waals surface area contributed by atoms with E-state index in [2.05, 4.69) is 0 Å². The van der Waals surface area contributed by atoms with Crippen LogP contribution in [0.1, 0.15) is 19.4 Å². The Labute approximate surface area is 81.7 Å². The van der Waals surface area contributed by atoms with Gasteiger partial charge in [-0.2, -0.15) is 0 Å². The summed E-state index contributed by atoms with van der Waals surface area (Å²) < 4.78 is 12.7. The molecule has 0 saturated carbocycles. The fourth-order valence-electron chi connectivity index (χ4n) is 1.24. The lowest BCUT2D eigenvalue weighted by Crippen LogP contribution is -1.99. The lowest BCUT2D eigenvalue weighted by atomic mass is 10.0. The van der Waals surface area contributed by atoms with E-state index in [9.17, 15) is 14.5 Å². The molecule has 1 aromatic rings. The van der Waals surface area contributed by atoms with Crippen molar-refractivity contribution >= 4 is 5.69 Å². The van der Waals surface area contributed by atoms with Crippen LogP contribution in [-0.4, -0.2) is 4.92 Å². The zero-order chi connectivity index (χ0) is 10.7. The molecule has 0 N–H and O–H groups in total. The molecule has 1 aromatic carbocycles. The molecule has 75 valence electrons. The van der Waals surface area contributed by atoms with Gasteiger partial charge in [-0.3, -0.25) is 10.1 Å². The second-order valence-electron chi connectivity index (χ2n) is 3.41. The minimum Gasteiger partial charge on any atom is -0.258 e. The average molecular weight is 196 g/mol. The number of nitro benzene ring substituents is 1. The van der Waals surface area contributed by atoms with Crippen LogP contribution < -0.4 is 0 Å². The quantitative estimate of drug-likeness (QED) is 0.551. The van der Waals surface area contributed by atoms with Crippen molar-refractivity contribution in [2.45, 2.75) is 20.3 Å². The van der Waals surface area contributed by atoms with Gasteiger partial charge in [0.1, 0.15) is 5.82 Å². The fourth-order valence-corrected chi connectivity index (χ4v) is 1.24. The van der Waals surface area contributed by atoms with Crippen LogP contribution in [0.15, 0.2) is 18.2 Å². The molecule has 0 fully saturated rings. The Bertz CT molecular complexity index is 350. The first-order chi connectivity index (χ1) is 6.50. The van der Waals surface area contributed by atoms with Crippen molar-refractivity contribution in [3.63, 3.8) is 0 Å². The molecule has 0 saturated heterocycles. The zero-order valence-electron chi connectivity index (χ0n) is 8.08. The smallest absolute Gasteiger partial charge is 0.258 e. The number of rotatable bonds is 3. The minimum atomic E-state index is -0.575. The Morgan fingerprint density at radius 3 is 2.64 bits per heavy atom. The van der Waals surface area contributed by atoms with E-state index in [1.807, 2.05) is 13.8 Å². The summed E-state index contributed by atoms with van der Waals surface area (Å²) in [5.41, 5.74) is 0.405. The zero-order valence-corrected chi connectivity index (χ0v) is 8.08. The molecule has 1 radical (unpaired) electrons. The predicted octanol–water partition coefficient (Wildman–Crippen LogP) is 2.89. The second-order valence-corrected chi connectivity index (χ2v) is 3.41. The molecule has 0 unspecified atom stereocenters. The van der Waals surface area contributed by atoms with Gasteiger partial charge < -0.3 is 0 Å². The van der Waals surface area contributed by atoms with E-state index in [-0.39, 0.29) is 5.69 Å². The summed E-state index contributed by atoms with van der Waals surface area (Å²) in [6.07, 6.45) is 0.511. The van der Waals surface area contributed by atoms with Crippen molar-refractivity contribution in [1.29, 1.82) is 0 Å². The molecule has 4 heteroatoms. The number of hydrogen-bond acceptors (Lipinski definition) is 2. The van der Waals surface area contributed by atoms with Gasteiger partial charge in [-0.25, -0.2) is 4.39 Å². The van der Waals surface area contributed by atoms with E-state index in [1.165, 1.54) is 12.1 Å². The van der Waals surface area contributed by atoms with Gasteiger partial charge in [0.05, 0.1) is 11.0 Å². The van der Waals surface area contributed by atoms with Gasteiger partial charge in [-0.15, -0.1) is 0 Å². The predicted molar refractivity (Wildman–Crippen MR) is 51.3 cm³/mol. The highest BCUT2D eigenvalue weighted by Gasteiger charge is 2.15. The Hall–Kier alpha value is -1.45. The largest absolute Gasteiger partial charge is 0.275 e. The molecular formula is C10H11FNO2. The number of hydrogen-bond donors (Lipinski definition) is 0. The molecule has 14 heavy (non-hydrogen) atoms. The maximum absolute atomic E-state index is 12.7. The Morgan fingerprint density at radius 1 is 1.50 bits per heavy atom. The average Bonchev–Trinajstić information content (AvgIpc) is 2.07. The molecule has 0 amide bonds. The highest BCUT2D eigenvalue weighted by atomic mass is 19.1. The van der Waals surface area contributed by atoms with Crippen molar-refractivity contribution in [3.8, 4) is 0 Å². The minimum absolute atomic E-state index is 0.147. The van der Waals surface area contributed by atoms with Crippen LogP contribution in [0.2, 0.25) is 0 Å². The van der Waals surface area contributed by atoms with Crippen molar-refractivity contribution in [1.82, 2.24) is 0 Å². The highest BCUT2D eigenvalue weighted by Crippen LogP contribution is 2.22. The van der Waals surface area contributed by atoms with Crippen LogP contribution in [0.4, 0.5) is 10.1 Å². The summed E-state index contributed by atoms with van der Waals surface area (Å²) in [5, 5.41) is 10.6. The maximum Gasteiger partial charge on any atom is 0.275 e. The molecule has 0 aromatic heterocycles. The summed E-state index contributed by atoms with van der Waals surface area (Å²) in [7, 11) is 0. The maximum atomic E-state index is 12.7. The van der Waals surface area contributed by atoms with Crippen LogP contribution >= 0.6 is 0 Å². The lowest BCUT2D eigenvalue weighted by Gasteiger charge is -2.04. The van der Waals surface area contributed by atoms with Gasteiger partial charge in [0.25, 0.3) is 5.69 Å². The van der Waals surface area contributed by atoms with Crippen molar-refractivity contribution in [2.75, 3.05) is 0 Å². The first-order valence-electron chi connectivity index (χ1n) is 4.22. The van der Waals surface area contributed by atoms with Crippen molar-refractivity contribution in [2.24, 2.45) is 0 Å². The van der Waals surface area contributed by atoms with Gasteiger partial charge in [-0.1, -0.05) is 13.8 Å². The van der Waals surface area contributed by atoms with Gasteiger partial charge >= 0.3 is 0 Å². The highest BCUT2D eigenvalue weighted by molar-refractivity contribution is 5.41. The van der Waals surface area contributed by atoms with Crippen molar-refractivity contribution < 1.29 is 9.31 Å². The fraction of sp³-hybridized carbons (Fsp3) is 0.300. The first kappa shape index (κ1) is 10.6. The molecule has 0 aliphatic rings. The second kappa shape index (κ2) is 4.17. The van der Waals surface area contributed by atoms with E-state index in [4.69, 9.17) is 0 Å². The van der Waals surface area contributed by atoms with Gasteiger partial charge in [0.2, 0.25) is 0 Å². The molecule has 0 spiro atoms. The van der Waals surface area contributed by atoms with Gasteiger partial charge in [-0.05, 0) is 24.5 Å². The van der Waals surface area contributed by atoms with Crippen LogP contribution in [-0.2, 0) is 6.42 Å². The van der Waals surface area contributed by atoms with E-state index in [0.717, 1.165) is 12.0 Å². The van der Waals surface area contributed by atoms with E-state index in [0.29, 0.717) is 12.0 Å². The molecule has 0 atom stereocenters. The summed E-state index contributed by atoms with van der Waals surface area (Å²) in [5.74, 6) is 0.480. The topological polar surface area (TPSA) is 43.1 Å². The summed E-state index contributed by atoms with van der Waals surface area (Å²) >= 11 is 0. The number of nitrogens with zero attached hydrogens (tertiary/aromatic N) is 1. The van der Waals surface area contributed by atoms with Crippen molar-refractivity contribution in [3.05, 3.63) is 45.6 Å². The Morgan fingerprint density at radius 2 is 2.14 bits per heavy atom. The first-order valence-corrected chi connectivity index (χ1v) is 4.22. The normalized spacial score (nSPS) is 10.6. The third kappa shape index (κ3) is 2.52. The molecule has 1 rings (SSSR count). The Balaban J connectivity index is 3.08. The van der Waals surface area contributed by atoms with Crippen LogP contribution in [0.25, 0.3) is 0 Å². The van der Waals surface area contributed by atoms with E-state index >= 15 is 0 Å². The lowest BCUT2D eigenvalue weighted by molar-refractivity contribution is -0.385. The molecule has 0 aliphatic heterocycles. The van der Waals surface area contributed by atoms with Gasteiger partial charge in [0, 0.05) is 5.56 Å². The molecule has 0 aliphatic carbocycles. The SMILES string of the molecule is C[C](C)Cc1ccc(F)cc1[N+](=O)[O-].